The molecular weight excluding hydrogens is 216 g/mol. The fourth-order valence-electron chi connectivity index (χ4n) is 1.35. The fraction of sp³-hybridized carbons (Fsp3) is 0.167. The van der Waals surface area contributed by atoms with E-state index in [1.165, 1.54) is 0 Å². The molecule has 2 rings (SSSR count). The molecule has 2 aromatic rings. The summed E-state index contributed by atoms with van der Waals surface area (Å²) in [7, 11) is 0. The van der Waals surface area contributed by atoms with Crippen molar-refractivity contribution in [3.63, 3.8) is 0 Å². The Bertz CT molecular complexity index is 461. The smallest absolute Gasteiger partial charge is 0.148 e. The summed E-state index contributed by atoms with van der Waals surface area (Å²) in [4.78, 5) is 8.11. The van der Waals surface area contributed by atoms with Gasteiger partial charge in [-0.25, -0.2) is 4.98 Å². The molecule has 0 spiro atoms. The fourth-order valence-corrected chi connectivity index (χ4v) is 1.35. The van der Waals surface area contributed by atoms with E-state index in [1.54, 1.807) is 18.6 Å². The van der Waals surface area contributed by atoms with Crippen molar-refractivity contribution in [1.29, 1.82) is 0 Å². The average molecular weight is 230 g/mol. The van der Waals surface area contributed by atoms with Gasteiger partial charge >= 0.3 is 0 Å². The Morgan fingerprint density at radius 3 is 3.00 bits per heavy atom. The Morgan fingerprint density at radius 1 is 1.29 bits per heavy atom. The highest BCUT2D eigenvalue weighted by atomic mass is 16.5. The monoisotopic (exact) mass is 230 g/mol. The topological polar surface area (TPSA) is 73.1 Å². The SMILES string of the molecule is NCCOc1cccc(Nc2cnccn2)c1. The Labute approximate surface area is 99.7 Å². The largest absolute Gasteiger partial charge is 0.492 e. The second-order valence-corrected chi connectivity index (χ2v) is 3.38. The van der Waals surface area contributed by atoms with Crippen molar-refractivity contribution in [3.05, 3.63) is 42.9 Å². The molecule has 3 N–H and O–H groups in total. The Kier molecular flexibility index (Phi) is 3.88. The minimum absolute atomic E-state index is 0.502. The van der Waals surface area contributed by atoms with Crippen LogP contribution in [0.4, 0.5) is 11.5 Å². The summed E-state index contributed by atoms with van der Waals surface area (Å²) in [5.74, 6) is 1.48. The lowest BCUT2D eigenvalue weighted by molar-refractivity contribution is 0.328. The Hall–Kier alpha value is -2.14. The van der Waals surface area contributed by atoms with Crippen molar-refractivity contribution in [2.75, 3.05) is 18.5 Å². The van der Waals surface area contributed by atoms with Crippen LogP contribution in [0.3, 0.4) is 0 Å². The zero-order chi connectivity index (χ0) is 11.9. The summed E-state index contributed by atoms with van der Waals surface area (Å²) in [5, 5.41) is 3.14. The molecule has 1 aromatic heterocycles. The molecule has 0 atom stereocenters. The lowest BCUT2D eigenvalue weighted by Gasteiger charge is -2.08. The van der Waals surface area contributed by atoms with Crippen LogP contribution in [0.2, 0.25) is 0 Å². The van der Waals surface area contributed by atoms with Crippen LogP contribution in [-0.4, -0.2) is 23.1 Å². The number of nitrogens with zero attached hydrogens (tertiary/aromatic N) is 2. The number of aromatic nitrogens is 2. The normalized spacial score (nSPS) is 9.94. The molecule has 0 saturated carbocycles. The van der Waals surface area contributed by atoms with Gasteiger partial charge in [0.25, 0.3) is 0 Å². The first-order valence-electron chi connectivity index (χ1n) is 5.34. The van der Waals surface area contributed by atoms with E-state index < -0.39 is 0 Å². The van der Waals surface area contributed by atoms with Crippen molar-refractivity contribution < 1.29 is 4.74 Å². The van der Waals surface area contributed by atoms with E-state index in [0.29, 0.717) is 19.0 Å². The maximum Gasteiger partial charge on any atom is 0.148 e. The van der Waals surface area contributed by atoms with Crippen molar-refractivity contribution in [2.24, 2.45) is 5.73 Å². The van der Waals surface area contributed by atoms with Crippen LogP contribution in [0.15, 0.2) is 42.9 Å². The molecule has 0 aliphatic rings. The van der Waals surface area contributed by atoms with Crippen LogP contribution in [-0.2, 0) is 0 Å². The van der Waals surface area contributed by atoms with Crippen LogP contribution < -0.4 is 15.8 Å². The first-order valence-corrected chi connectivity index (χ1v) is 5.34. The number of anilines is 2. The molecule has 0 aliphatic heterocycles. The van der Waals surface area contributed by atoms with Gasteiger partial charge in [-0.05, 0) is 12.1 Å². The molecule has 0 radical (unpaired) electrons. The maximum absolute atomic E-state index is 5.43. The van der Waals surface area contributed by atoms with Gasteiger partial charge in [0.2, 0.25) is 0 Å². The molecule has 1 aromatic carbocycles. The van der Waals surface area contributed by atoms with Crippen LogP contribution in [0.1, 0.15) is 0 Å². The van der Waals surface area contributed by atoms with E-state index in [-0.39, 0.29) is 0 Å². The van der Waals surface area contributed by atoms with E-state index in [1.807, 2.05) is 24.3 Å². The Balaban J connectivity index is 2.06. The molecule has 0 fully saturated rings. The highest BCUT2D eigenvalue weighted by molar-refractivity contribution is 5.57. The van der Waals surface area contributed by atoms with Crippen molar-refractivity contribution in [2.45, 2.75) is 0 Å². The summed E-state index contributed by atoms with van der Waals surface area (Å²) < 4.78 is 5.43. The van der Waals surface area contributed by atoms with Crippen LogP contribution in [0, 0.1) is 0 Å². The van der Waals surface area contributed by atoms with E-state index in [0.717, 1.165) is 11.4 Å². The molecule has 17 heavy (non-hydrogen) atoms. The zero-order valence-electron chi connectivity index (χ0n) is 9.34. The lowest BCUT2D eigenvalue weighted by atomic mass is 10.3. The second-order valence-electron chi connectivity index (χ2n) is 3.38. The third-order valence-electron chi connectivity index (χ3n) is 2.06. The Morgan fingerprint density at radius 2 is 2.24 bits per heavy atom. The van der Waals surface area contributed by atoms with E-state index in [4.69, 9.17) is 10.5 Å². The standard InChI is InChI=1S/C12H14N4O/c13-4-7-17-11-3-1-2-10(8-11)16-12-9-14-5-6-15-12/h1-3,5-6,8-9H,4,7,13H2,(H,15,16). The number of hydrogen-bond donors (Lipinski definition) is 2. The zero-order valence-corrected chi connectivity index (χ0v) is 9.34. The highest BCUT2D eigenvalue weighted by Gasteiger charge is 1.98. The van der Waals surface area contributed by atoms with Gasteiger partial charge in [-0.3, -0.25) is 4.98 Å². The number of hydrogen-bond acceptors (Lipinski definition) is 5. The van der Waals surface area contributed by atoms with Gasteiger partial charge < -0.3 is 15.8 Å². The minimum Gasteiger partial charge on any atom is -0.492 e. The number of rotatable bonds is 5. The molecule has 0 amide bonds. The van der Waals surface area contributed by atoms with Crippen LogP contribution >= 0.6 is 0 Å². The predicted octanol–water partition coefficient (Wildman–Crippen LogP) is 1.56. The summed E-state index contributed by atoms with van der Waals surface area (Å²) in [5.41, 5.74) is 6.28. The molecule has 5 nitrogen and oxygen atoms in total. The second kappa shape index (κ2) is 5.81. The molecule has 1 heterocycles. The van der Waals surface area contributed by atoms with Gasteiger partial charge in [-0.15, -0.1) is 0 Å². The summed E-state index contributed by atoms with van der Waals surface area (Å²) >= 11 is 0. The number of benzene rings is 1. The predicted molar refractivity (Wildman–Crippen MR) is 66.3 cm³/mol. The van der Waals surface area contributed by atoms with E-state index in [2.05, 4.69) is 15.3 Å². The van der Waals surface area contributed by atoms with Gasteiger partial charge in [0, 0.05) is 30.7 Å². The van der Waals surface area contributed by atoms with Gasteiger partial charge in [-0.1, -0.05) is 6.07 Å². The lowest BCUT2D eigenvalue weighted by Crippen LogP contribution is -2.10. The molecule has 88 valence electrons. The summed E-state index contributed by atoms with van der Waals surface area (Å²) in [6.07, 6.45) is 4.93. The summed E-state index contributed by atoms with van der Waals surface area (Å²) in [6, 6.07) is 7.62. The van der Waals surface area contributed by atoms with Crippen molar-refractivity contribution in [3.8, 4) is 5.75 Å². The molecule has 0 bridgehead atoms. The maximum atomic E-state index is 5.43. The van der Waals surface area contributed by atoms with E-state index >= 15 is 0 Å². The van der Waals surface area contributed by atoms with Crippen LogP contribution in [0.5, 0.6) is 5.75 Å². The summed E-state index contributed by atoms with van der Waals surface area (Å²) in [6.45, 7) is 1.01. The first-order chi connectivity index (χ1) is 8.38. The quantitative estimate of drug-likeness (QED) is 0.815. The highest BCUT2D eigenvalue weighted by Crippen LogP contribution is 2.19. The van der Waals surface area contributed by atoms with Crippen molar-refractivity contribution in [1.82, 2.24) is 9.97 Å². The van der Waals surface area contributed by atoms with Gasteiger partial charge in [0.05, 0.1) is 6.20 Å². The van der Waals surface area contributed by atoms with Gasteiger partial charge in [0.1, 0.15) is 18.2 Å². The molecule has 0 unspecified atom stereocenters. The van der Waals surface area contributed by atoms with Crippen LogP contribution in [0.25, 0.3) is 0 Å². The van der Waals surface area contributed by atoms with Gasteiger partial charge in [0.15, 0.2) is 0 Å². The molecule has 0 aliphatic carbocycles. The first kappa shape index (κ1) is 11.3. The number of nitrogens with two attached hydrogens (primary N) is 1. The molecular formula is C12H14N4O. The average Bonchev–Trinajstić information content (AvgIpc) is 2.38. The molecule has 5 heteroatoms. The van der Waals surface area contributed by atoms with Crippen molar-refractivity contribution >= 4 is 11.5 Å². The van der Waals surface area contributed by atoms with E-state index in [9.17, 15) is 0 Å². The third kappa shape index (κ3) is 3.42. The third-order valence-corrected chi connectivity index (χ3v) is 2.06. The van der Waals surface area contributed by atoms with Gasteiger partial charge in [-0.2, -0.15) is 0 Å². The molecule has 0 saturated heterocycles. The minimum atomic E-state index is 0.502. The number of ether oxygens (including phenoxy) is 1. The number of nitrogens with one attached hydrogen (secondary N) is 1.